The summed E-state index contributed by atoms with van der Waals surface area (Å²) >= 11 is 0. The van der Waals surface area contributed by atoms with Crippen LogP contribution in [-0.2, 0) is 47.2 Å². The molecular weight excluding hydrogens is 465 g/mol. The van der Waals surface area contributed by atoms with Crippen molar-refractivity contribution in [2.75, 3.05) is 22.8 Å². The SMILES string of the molecule is CCn1cc(N(C2CCOCC2)S(=O)(=O)NC(=O)Nc2c3c(cc4c2CCC4)CCC3)cn1.[Na]. The number of anilines is 2. The van der Waals surface area contributed by atoms with Crippen LogP contribution in [0.25, 0.3) is 0 Å². The second kappa shape index (κ2) is 10.6. The standard InChI is InChI=1S/C23H31N5O4S.Na/c1-2-27-15-19(14-24-27)28(18-9-11-32-12-10-18)33(30,31)26-23(29)25-22-20-7-3-5-16(20)13-17-6-4-8-21(17)22;/h13-15,18H,2-12H2,1H3,(H2,25,26,29);. The van der Waals surface area contributed by atoms with Crippen LogP contribution in [0.5, 0.6) is 0 Å². The Hall–Kier alpha value is -1.59. The molecule has 1 radical (unpaired) electrons. The van der Waals surface area contributed by atoms with Crippen molar-refractivity contribution in [3.8, 4) is 0 Å². The average molecular weight is 497 g/mol. The molecule has 34 heavy (non-hydrogen) atoms. The number of urea groups is 1. The quantitative estimate of drug-likeness (QED) is 0.598. The Kier molecular flexibility index (Phi) is 7.93. The number of hydrogen-bond acceptors (Lipinski definition) is 5. The van der Waals surface area contributed by atoms with Crippen LogP contribution in [0.2, 0.25) is 0 Å². The topological polar surface area (TPSA) is 106 Å². The van der Waals surface area contributed by atoms with Gasteiger partial charge in [0, 0.05) is 61.2 Å². The third-order valence-electron chi connectivity index (χ3n) is 6.91. The molecule has 0 atom stereocenters. The fourth-order valence-electron chi connectivity index (χ4n) is 5.38. The van der Waals surface area contributed by atoms with Gasteiger partial charge in [0.05, 0.1) is 17.9 Å². The third-order valence-corrected chi connectivity index (χ3v) is 8.38. The molecule has 0 spiro atoms. The zero-order valence-corrected chi connectivity index (χ0v) is 22.8. The van der Waals surface area contributed by atoms with Crippen LogP contribution < -0.4 is 14.3 Å². The first kappa shape index (κ1) is 25.5. The molecule has 0 saturated carbocycles. The molecular formula is C23H31N5NaO4S. The van der Waals surface area contributed by atoms with Gasteiger partial charge in [-0.05, 0) is 80.5 Å². The van der Waals surface area contributed by atoms with Crippen molar-refractivity contribution in [1.82, 2.24) is 14.5 Å². The Labute approximate surface area is 223 Å². The molecule has 5 rings (SSSR count). The average Bonchev–Trinajstić information content (AvgIpc) is 3.54. The number of amides is 2. The largest absolute Gasteiger partial charge is 0.381 e. The molecule has 2 heterocycles. The van der Waals surface area contributed by atoms with E-state index in [9.17, 15) is 13.2 Å². The number of fused-ring (bicyclic) bond motifs is 2. The molecule has 1 fully saturated rings. The normalized spacial score (nSPS) is 17.6. The van der Waals surface area contributed by atoms with E-state index in [1.807, 2.05) is 6.92 Å². The summed E-state index contributed by atoms with van der Waals surface area (Å²) in [7, 11) is -4.16. The summed E-state index contributed by atoms with van der Waals surface area (Å²) in [5.41, 5.74) is 6.16. The minimum atomic E-state index is -4.16. The van der Waals surface area contributed by atoms with Crippen molar-refractivity contribution >= 4 is 57.2 Å². The molecule has 1 aromatic heterocycles. The van der Waals surface area contributed by atoms with Crippen LogP contribution in [0, 0.1) is 0 Å². The molecule has 179 valence electrons. The van der Waals surface area contributed by atoms with E-state index in [0.717, 1.165) is 55.3 Å². The number of rotatable bonds is 6. The zero-order valence-electron chi connectivity index (χ0n) is 20.0. The Bertz CT molecular complexity index is 1130. The minimum absolute atomic E-state index is 0. The zero-order chi connectivity index (χ0) is 23.0. The Balaban J connectivity index is 0.00000274. The summed E-state index contributed by atoms with van der Waals surface area (Å²) in [6.07, 6.45) is 10.3. The smallest absolute Gasteiger partial charge is 0.334 e. The van der Waals surface area contributed by atoms with Crippen LogP contribution in [0.4, 0.5) is 16.2 Å². The maximum absolute atomic E-state index is 13.5. The van der Waals surface area contributed by atoms with E-state index < -0.39 is 16.2 Å². The minimum Gasteiger partial charge on any atom is -0.381 e. The summed E-state index contributed by atoms with van der Waals surface area (Å²) < 4.78 is 37.6. The van der Waals surface area contributed by atoms with Crippen molar-refractivity contribution in [2.45, 2.75) is 70.9 Å². The first-order valence-corrected chi connectivity index (χ1v) is 13.3. The maximum Gasteiger partial charge on any atom is 0.334 e. The van der Waals surface area contributed by atoms with E-state index in [-0.39, 0.29) is 35.6 Å². The Morgan fingerprint density at radius 3 is 2.38 bits per heavy atom. The van der Waals surface area contributed by atoms with Crippen molar-refractivity contribution in [1.29, 1.82) is 0 Å². The number of nitrogens with zero attached hydrogens (tertiary/aromatic N) is 3. The van der Waals surface area contributed by atoms with Gasteiger partial charge in [-0.1, -0.05) is 6.07 Å². The van der Waals surface area contributed by atoms with E-state index in [1.54, 1.807) is 10.9 Å². The van der Waals surface area contributed by atoms with Crippen molar-refractivity contribution in [2.24, 2.45) is 0 Å². The number of aromatic nitrogens is 2. The molecule has 1 aromatic carbocycles. The number of benzene rings is 1. The monoisotopic (exact) mass is 496 g/mol. The summed E-state index contributed by atoms with van der Waals surface area (Å²) in [5, 5.41) is 7.16. The van der Waals surface area contributed by atoms with Crippen molar-refractivity contribution < 1.29 is 17.9 Å². The Morgan fingerprint density at radius 2 is 1.79 bits per heavy atom. The summed E-state index contributed by atoms with van der Waals surface area (Å²) in [6, 6.07) is 1.26. The second-order valence-corrected chi connectivity index (χ2v) is 10.5. The fraction of sp³-hybridized carbons (Fsp3) is 0.565. The van der Waals surface area contributed by atoms with Gasteiger partial charge in [-0.25, -0.2) is 13.8 Å². The number of hydrogen-bond donors (Lipinski definition) is 2. The number of ether oxygens (including phenoxy) is 1. The van der Waals surface area contributed by atoms with Crippen LogP contribution >= 0.6 is 0 Å². The van der Waals surface area contributed by atoms with Crippen LogP contribution in [0.1, 0.15) is 54.9 Å². The van der Waals surface area contributed by atoms with Gasteiger partial charge in [0.25, 0.3) is 0 Å². The number of carbonyl (C=O) groups excluding carboxylic acids is 1. The molecule has 0 bridgehead atoms. The summed E-state index contributed by atoms with van der Waals surface area (Å²) in [6.45, 7) is 3.52. The second-order valence-electron chi connectivity index (χ2n) is 8.99. The predicted octanol–water partition coefficient (Wildman–Crippen LogP) is 2.55. The maximum atomic E-state index is 13.5. The van der Waals surface area contributed by atoms with Crippen LogP contribution in [-0.4, -0.2) is 73.0 Å². The summed E-state index contributed by atoms with van der Waals surface area (Å²) in [4.78, 5) is 13.0. The third kappa shape index (κ3) is 5.02. The van der Waals surface area contributed by atoms with Gasteiger partial charge in [-0.3, -0.25) is 4.68 Å². The van der Waals surface area contributed by atoms with Gasteiger partial charge in [-0.15, -0.1) is 0 Å². The first-order chi connectivity index (χ1) is 16.0. The number of aryl methyl sites for hydroxylation is 3. The van der Waals surface area contributed by atoms with E-state index in [2.05, 4.69) is 21.2 Å². The molecule has 9 nitrogen and oxygen atoms in total. The molecule has 1 saturated heterocycles. The van der Waals surface area contributed by atoms with Gasteiger partial charge in [0.2, 0.25) is 0 Å². The molecule has 1 aliphatic heterocycles. The van der Waals surface area contributed by atoms with Crippen molar-refractivity contribution in [3.63, 3.8) is 0 Å². The molecule has 3 aliphatic rings. The van der Waals surface area contributed by atoms with Crippen molar-refractivity contribution in [3.05, 3.63) is 40.7 Å². The van der Waals surface area contributed by atoms with Crippen LogP contribution in [0.15, 0.2) is 18.5 Å². The van der Waals surface area contributed by atoms with E-state index in [4.69, 9.17) is 4.74 Å². The van der Waals surface area contributed by atoms with Crippen LogP contribution in [0.3, 0.4) is 0 Å². The first-order valence-electron chi connectivity index (χ1n) is 11.9. The molecule has 2 aliphatic carbocycles. The van der Waals surface area contributed by atoms with Gasteiger partial charge in [-0.2, -0.15) is 13.5 Å². The number of nitrogens with one attached hydrogen (secondary N) is 2. The molecule has 11 heteroatoms. The van der Waals surface area contributed by atoms with Gasteiger partial charge >= 0.3 is 16.2 Å². The summed E-state index contributed by atoms with van der Waals surface area (Å²) in [5.74, 6) is 0. The van der Waals surface area contributed by atoms with E-state index in [1.165, 1.54) is 21.6 Å². The van der Waals surface area contributed by atoms with E-state index >= 15 is 0 Å². The molecule has 0 unspecified atom stereocenters. The molecule has 2 amide bonds. The van der Waals surface area contributed by atoms with Gasteiger partial charge in [0.15, 0.2) is 0 Å². The molecule has 2 aromatic rings. The fourth-order valence-corrected chi connectivity index (χ4v) is 6.74. The van der Waals surface area contributed by atoms with Gasteiger partial charge in [0.1, 0.15) is 0 Å². The predicted molar refractivity (Wildman–Crippen MR) is 132 cm³/mol. The van der Waals surface area contributed by atoms with E-state index in [0.29, 0.717) is 38.3 Å². The Morgan fingerprint density at radius 1 is 1.15 bits per heavy atom. The number of carbonyl (C=O) groups is 1. The molecule has 2 N–H and O–H groups in total. The van der Waals surface area contributed by atoms with Gasteiger partial charge < -0.3 is 10.1 Å².